The Kier molecular flexibility index (Phi) is 4.30. The zero-order chi connectivity index (χ0) is 19.3. The lowest BCUT2D eigenvalue weighted by atomic mass is 10.2. The van der Waals surface area contributed by atoms with Gasteiger partial charge in [0.05, 0.1) is 22.8 Å². The van der Waals surface area contributed by atoms with Crippen molar-refractivity contribution in [2.75, 3.05) is 36.5 Å². The van der Waals surface area contributed by atoms with E-state index in [1.165, 1.54) is 11.3 Å². The number of hydrogen-bond donors (Lipinski definition) is 1. The third-order valence-electron chi connectivity index (χ3n) is 4.70. The van der Waals surface area contributed by atoms with Crippen LogP contribution in [0.25, 0.3) is 20.6 Å². The molecule has 9 heteroatoms. The first-order chi connectivity index (χ1) is 13.6. The van der Waals surface area contributed by atoms with Gasteiger partial charge in [-0.1, -0.05) is 11.3 Å². The Morgan fingerprint density at radius 2 is 2.00 bits per heavy atom. The van der Waals surface area contributed by atoms with Gasteiger partial charge in [0.1, 0.15) is 10.3 Å². The van der Waals surface area contributed by atoms with Gasteiger partial charge in [0, 0.05) is 25.7 Å². The number of carbonyl (C=O) groups excluding carboxylic acids is 1. The van der Waals surface area contributed by atoms with Gasteiger partial charge < -0.3 is 19.4 Å². The summed E-state index contributed by atoms with van der Waals surface area (Å²) in [6, 6.07) is 5.47. The van der Waals surface area contributed by atoms with Crippen molar-refractivity contribution in [3.63, 3.8) is 0 Å². The molecule has 0 atom stereocenters. The Labute approximate surface area is 168 Å². The summed E-state index contributed by atoms with van der Waals surface area (Å²) in [7, 11) is 0. The van der Waals surface area contributed by atoms with Crippen LogP contribution in [0.2, 0.25) is 0 Å². The zero-order valence-electron chi connectivity index (χ0n) is 15.4. The van der Waals surface area contributed by atoms with Gasteiger partial charge in [0.15, 0.2) is 16.6 Å². The molecule has 28 heavy (non-hydrogen) atoms. The minimum atomic E-state index is -0.125. The molecule has 0 unspecified atom stereocenters. The van der Waals surface area contributed by atoms with Crippen LogP contribution in [-0.2, 0) is 4.74 Å². The summed E-state index contributed by atoms with van der Waals surface area (Å²) < 4.78 is 12.0. The van der Waals surface area contributed by atoms with Crippen LogP contribution in [0, 0.1) is 13.8 Å². The number of aryl methyl sites for hydroxylation is 2. The molecule has 0 saturated carbocycles. The first-order valence-electron chi connectivity index (χ1n) is 8.99. The summed E-state index contributed by atoms with van der Waals surface area (Å²) in [4.78, 5) is 25.8. The number of oxazole rings is 1. The molecule has 4 heterocycles. The van der Waals surface area contributed by atoms with E-state index in [0.29, 0.717) is 22.0 Å². The van der Waals surface area contributed by atoms with Gasteiger partial charge in [-0.3, -0.25) is 4.79 Å². The number of carbonyl (C=O) groups is 1. The smallest absolute Gasteiger partial charge is 0.266 e. The molecule has 1 aromatic carbocycles. The molecule has 0 spiro atoms. The first-order valence-corrected chi connectivity index (χ1v) is 10.6. The number of thiophene rings is 1. The van der Waals surface area contributed by atoms with Gasteiger partial charge in [-0.05, 0) is 30.7 Å². The van der Waals surface area contributed by atoms with Crippen LogP contribution >= 0.6 is 22.7 Å². The van der Waals surface area contributed by atoms with E-state index in [1.54, 1.807) is 18.3 Å². The van der Waals surface area contributed by atoms with Crippen LogP contribution in [-0.4, -0.2) is 42.2 Å². The van der Waals surface area contributed by atoms with Crippen LogP contribution in [0.5, 0.6) is 0 Å². The monoisotopic (exact) mass is 414 g/mol. The largest absolute Gasteiger partial charge is 0.441 e. The van der Waals surface area contributed by atoms with Crippen molar-refractivity contribution in [2.24, 2.45) is 0 Å². The number of benzene rings is 1. The summed E-state index contributed by atoms with van der Waals surface area (Å²) in [5.41, 5.74) is 3.12. The summed E-state index contributed by atoms with van der Waals surface area (Å²) in [6.07, 6.45) is 0. The summed E-state index contributed by atoms with van der Waals surface area (Å²) >= 11 is 3.09. The van der Waals surface area contributed by atoms with Crippen LogP contribution in [0.15, 0.2) is 22.6 Å². The minimum Gasteiger partial charge on any atom is -0.441 e. The van der Waals surface area contributed by atoms with Gasteiger partial charge in [0.2, 0.25) is 0 Å². The number of nitrogens with zero attached hydrogens (tertiary/aromatic N) is 3. The number of rotatable bonds is 3. The average Bonchev–Trinajstić information content (AvgIpc) is 3.35. The summed E-state index contributed by atoms with van der Waals surface area (Å²) in [5, 5.41) is 3.97. The zero-order valence-corrected chi connectivity index (χ0v) is 17.1. The highest BCUT2D eigenvalue weighted by molar-refractivity contribution is 7.30. The van der Waals surface area contributed by atoms with Crippen molar-refractivity contribution in [2.45, 2.75) is 13.8 Å². The summed E-state index contributed by atoms with van der Waals surface area (Å²) in [6.45, 7) is 6.97. The maximum Gasteiger partial charge on any atom is 0.266 e. The van der Waals surface area contributed by atoms with Crippen LogP contribution < -0.4 is 10.2 Å². The molecule has 1 fully saturated rings. The molecule has 7 nitrogen and oxygen atoms in total. The molecule has 1 aliphatic rings. The maximum atomic E-state index is 12.8. The fraction of sp³-hybridized carbons (Fsp3) is 0.316. The van der Waals surface area contributed by atoms with Crippen molar-refractivity contribution < 1.29 is 13.9 Å². The SMILES string of the molecule is Cc1nc2cc(NC(=O)c3sc4nc(N5CCOCC5)sc4c3C)ccc2o1. The molecule has 1 N–H and O–H groups in total. The molecule has 0 aliphatic carbocycles. The third kappa shape index (κ3) is 3.05. The average molecular weight is 415 g/mol. The number of ether oxygens (including phenoxy) is 1. The van der Waals surface area contributed by atoms with E-state index in [4.69, 9.17) is 14.1 Å². The van der Waals surface area contributed by atoms with E-state index < -0.39 is 0 Å². The predicted octanol–water partition coefficient (Wildman–Crippen LogP) is 4.20. The Morgan fingerprint density at radius 1 is 1.18 bits per heavy atom. The number of thiazole rings is 1. The van der Waals surface area contributed by atoms with Crippen LogP contribution in [0.4, 0.5) is 10.8 Å². The number of morpholine rings is 1. The number of nitrogens with one attached hydrogen (secondary N) is 1. The van der Waals surface area contributed by atoms with Crippen LogP contribution in [0.1, 0.15) is 21.1 Å². The fourth-order valence-corrected chi connectivity index (χ4v) is 5.65. The highest BCUT2D eigenvalue weighted by atomic mass is 32.1. The first kappa shape index (κ1) is 17.6. The highest BCUT2D eigenvalue weighted by Crippen LogP contribution is 2.38. The molecule has 144 valence electrons. The summed E-state index contributed by atoms with van der Waals surface area (Å²) in [5.74, 6) is 0.482. The van der Waals surface area contributed by atoms with E-state index in [0.717, 1.165) is 52.0 Å². The van der Waals surface area contributed by atoms with E-state index in [2.05, 4.69) is 15.2 Å². The van der Waals surface area contributed by atoms with E-state index >= 15 is 0 Å². The molecule has 4 aromatic rings. The second-order valence-electron chi connectivity index (χ2n) is 6.66. The molecule has 1 amide bonds. The Bertz CT molecular complexity index is 1190. The van der Waals surface area contributed by atoms with Crippen molar-refractivity contribution in [3.8, 4) is 0 Å². The van der Waals surface area contributed by atoms with Crippen molar-refractivity contribution in [1.29, 1.82) is 0 Å². The molecular weight excluding hydrogens is 396 g/mol. The maximum absolute atomic E-state index is 12.8. The lowest BCUT2D eigenvalue weighted by Crippen LogP contribution is -2.36. The lowest BCUT2D eigenvalue weighted by molar-refractivity contribution is 0.103. The fourth-order valence-electron chi connectivity index (χ4n) is 3.29. The second kappa shape index (κ2) is 6.84. The second-order valence-corrected chi connectivity index (χ2v) is 8.63. The molecule has 3 aromatic heterocycles. The standard InChI is InChI=1S/C19H18N4O3S2/c1-10-15(17(24)21-12-3-4-14-13(9-12)20-11(2)26-14)27-18-16(10)28-19(22-18)23-5-7-25-8-6-23/h3-4,9H,5-8H2,1-2H3,(H,21,24). The number of fused-ring (bicyclic) bond motifs is 2. The van der Waals surface area contributed by atoms with Gasteiger partial charge in [-0.2, -0.15) is 0 Å². The number of aromatic nitrogens is 2. The third-order valence-corrected chi connectivity index (χ3v) is 7.25. The van der Waals surface area contributed by atoms with Gasteiger partial charge in [-0.25, -0.2) is 9.97 Å². The molecule has 1 saturated heterocycles. The number of amides is 1. The minimum absolute atomic E-state index is 0.125. The van der Waals surface area contributed by atoms with Gasteiger partial charge in [0.25, 0.3) is 5.91 Å². The lowest BCUT2D eigenvalue weighted by Gasteiger charge is -2.25. The van der Waals surface area contributed by atoms with Gasteiger partial charge in [-0.15, -0.1) is 11.3 Å². The molecule has 0 radical (unpaired) electrons. The van der Waals surface area contributed by atoms with E-state index in [-0.39, 0.29) is 5.91 Å². The molecular formula is C19H18N4O3S2. The number of hydrogen-bond acceptors (Lipinski definition) is 8. The Balaban J connectivity index is 1.40. The van der Waals surface area contributed by atoms with Crippen molar-refractivity contribution in [1.82, 2.24) is 9.97 Å². The van der Waals surface area contributed by atoms with Crippen molar-refractivity contribution >= 4 is 60.0 Å². The molecule has 1 aliphatic heterocycles. The van der Waals surface area contributed by atoms with Crippen LogP contribution in [0.3, 0.4) is 0 Å². The quantitative estimate of drug-likeness (QED) is 0.541. The topological polar surface area (TPSA) is 80.5 Å². The molecule has 5 rings (SSSR count). The Hall–Kier alpha value is -2.49. The van der Waals surface area contributed by atoms with E-state index in [9.17, 15) is 4.79 Å². The van der Waals surface area contributed by atoms with Gasteiger partial charge >= 0.3 is 0 Å². The molecule has 0 bridgehead atoms. The normalized spacial score (nSPS) is 14.9. The Morgan fingerprint density at radius 3 is 2.79 bits per heavy atom. The highest BCUT2D eigenvalue weighted by Gasteiger charge is 2.22. The predicted molar refractivity (Wildman–Crippen MR) is 112 cm³/mol. The van der Waals surface area contributed by atoms with Crippen molar-refractivity contribution in [3.05, 3.63) is 34.5 Å². The number of anilines is 2. The van der Waals surface area contributed by atoms with E-state index in [1.807, 2.05) is 25.1 Å².